The first-order valence-corrected chi connectivity index (χ1v) is 7.05. The number of nitrogens with two attached hydrogens (primary N) is 1. The molecule has 0 aliphatic heterocycles. The molecule has 2 aromatic rings. The molecule has 0 fully saturated rings. The predicted molar refractivity (Wildman–Crippen MR) is 86.9 cm³/mol. The highest BCUT2D eigenvalue weighted by molar-refractivity contribution is 9.10. The van der Waals surface area contributed by atoms with Gasteiger partial charge in [-0.2, -0.15) is 5.26 Å². The number of alkyl halides is 3. The van der Waals surface area contributed by atoms with Crippen LogP contribution in [0.1, 0.15) is 22.7 Å². The maximum atomic E-state index is 12.1. The number of benzene rings is 2. The summed E-state index contributed by atoms with van der Waals surface area (Å²) in [6, 6.07) is 8.96. The monoisotopic (exact) mass is 422 g/mol. The van der Waals surface area contributed by atoms with E-state index in [0.717, 1.165) is 12.1 Å². The lowest BCUT2D eigenvalue weighted by atomic mass is 9.97. The van der Waals surface area contributed by atoms with Crippen LogP contribution in [0, 0.1) is 11.3 Å². The van der Waals surface area contributed by atoms with E-state index in [0.29, 0.717) is 10.0 Å². The summed E-state index contributed by atoms with van der Waals surface area (Å²) in [5.74, 6) is -0.646. The average molecular weight is 424 g/mol. The number of hydrogen-bond donors (Lipinski definition) is 2. The van der Waals surface area contributed by atoms with E-state index in [2.05, 4.69) is 20.7 Å². The van der Waals surface area contributed by atoms with Crippen molar-refractivity contribution in [3.8, 4) is 17.6 Å². The number of rotatable bonds is 3. The van der Waals surface area contributed by atoms with Gasteiger partial charge in [-0.3, -0.25) is 0 Å². The third-order valence-corrected chi connectivity index (χ3v) is 3.76. The van der Waals surface area contributed by atoms with Crippen LogP contribution in [-0.2, 0) is 0 Å². The summed E-state index contributed by atoms with van der Waals surface area (Å²) in [7, 11) is 0. The summed E-state index contributed by atoms with van der Waals surface area (Å²) >= 11 is 3.24. The highest BCUT2D eigenvalue weighted by atomic mass is 79.9. The van der Waals surface area contributed by atoms with Crippen molar-refractivity contribution in [3.05, 3.63) is 57.6 Å². The summed E-state index contributed by atoms with van der Waals surface area (Å²) < 4.78 is 40.7. The van der Waals surface area contributed by atoms with Crippen molar-refractivity contribution in [2.75, 3.05) is 0 Å². The minimum absolute atomic E-state index is 0. The van der Waals surface area contributed by atoms with Crippen LogP contribution in [0.4, 0.5) is 13.2 Å². The van der Waals surface area contributed by atoms with E-state index >= 15 is 0 Å². The van der Waals surface area contributed by atoms with Crippen molar-refractivity contribution < 1.29 is 23.0 Å². The van der Waals surface area contributed by atoms with Gasteiger partial charge in [0.05, 0.1) is 11.6 Å². The van der Waals surface area contributed by atoms with Crippen molar-refractivity contribution in [2.45, 2.75) is 12.4 Å². The van der Waals surface area contributed by atoms with Crippen LogP contribution in [-0.4, -0.2) is 11.5 Å². The van der Waals surface area contributed by atoms with Crippen molar-refractivity contribution in [1.82, 2.24) is 0 Å². The molecule has 0 saturated heterocycles. The number of phenolic OH excluding ortho intramolecular Hbond substituents is 1. The smallest absolute Gasteiger partial charge is 0.506 e. The molecule has 0 aliphatic rings. The molecule has 9 heteroatoms. The Balaban J connectivity index is 0.00000288. The molecule has 128 valence electrons. The third kappa shape index (κ3) is 4.54. The number of phenols is 1. The summed E-state index contributed by atoms with van der Waals surface area (Å²) in [5.41, 5.74) is 6.83. The minimum atomic E-state index is -4.77. The Morgan fingerprint density at radius 1 is 1.17 bits per heavy atom. The molecule has 2 rings (SSSR count). The molecule has 0 aromatic heterocycles. The number of aromatic hydroxyl groups is 1. The summed E-state index contributed by atoms with van der Waals surface area (Å²) in [5, 5.41) is 19.0. The number of nitriles is 1. The molecule has 0 heterocycles. The van der Waals surface area contributed by atoms with Crippen molar-refractivity contribution >= 4 is 28.3 Å². The largest absolute Gasteiger partial charge is 0.573 e. The van der Waals surface area contributed by atoms with Gasteiger partial charge < -0.3 is 15.6 Å². The molecule has 0 unspecified atom stereocenters. The molecular formula is C15H11BrClF3N2O2. The maximum absolute atomic E-state index is 12.1. The summed E-state index contributed by atoms with van der Waals surface area (Å²) in [4.78, 5) is 0. The standard InChI is InChI=1S/C15H10BrF3N2O2.ClH/c16-11-6-3-9(7-20)14(22)12(11)13(21)8-1-4-10(5-2-8)23-15(17,18)19;/h1-6,13,22H,21H2;1H/t13-;/m0./s1. The van der Waals surface area contributed by atoms with Crippen LogP contribution in [0.3, 0.4) is 0 Å². The quantitative estimate of drug-likeness (QED) is 0.767. The van der Waals surface area contributed by atoms with Gasteiger partial charge in [-0.25, -0.2) is 0 Å². The van der Waals surface area contributed by atoms with Crippen LogP contribution < -0.4 is 10.5 Å². The molecule has 3 N–H and O–H groups in total. The second kappa shape index (κ2) is 7.75. The van der Waals surface area contributed by atoms with E-state index in [4.69, 9.17) is 11.0 Å². The Bertz CT molecular complexity index is 761. The highest BCUT2D eigenvalue weighted by Gasteiger charge is 2.31. The van der Waals surface area contributed by atoms with E-state index in [9.17, 15) is 18.3 Å². The molecule has 0 saturated carbocycles. The van der Waals surface area contributed by atoms with Gasteiger partial charge in [0.1, 0.15) is 17.6 Å². The zero-order valence-electron chi connectivity index (χ0n) is 11.8. The van der Waals surface area contributed by atoms with Gasteiger partial charge in [-0.05, 0) is 29.8 Å². The van der Waals surface area contributed by atoms with Crippen LogP contribution in [0.2, 0.25) is 0 Å². The number of hydrogen-bond acceptors (Lipinski definition) is 4. The number of halogens is 5. The van der Waals surface area contributed by atoms with Gasteiger partial charge in [0.15, 0.2) is 0 Å². The Kier molecular flexibility index (Phi) is 6.49. The zero-order valence-corrected chi connectivity index (χ0v) is 14.2. The molecule has 0 bridgehead atoms. The molecule has 1 atom stereocenters. The lowest BCUT2D eigenvalue weighted by molar-refractivity contribution is -0.274. The van der Waals surface area contributed by atoms with E-state index < -0.39 is 12.4 Å². The Morgan fingerprint density at radius 2 is 1.75 bits per heavy atom. The van der Waals surface area contributed by atoms with E-state index in [1.807, 2.05) is 6.07 Å². The molecule has 24 heavy (non-hydrogen) atoms. The SMILES string of the molecule is Cl.N#Cc1ccc(Br)c([C@@H](N)c2ccc(OC(F)(F)F)cc2)c1O. The van der Waals surface area contributed by atoms with Gasteiger partial charge in [-0.15, -0.1) is 25.6 Å². The van der Waals surface area contributed by atoms with Gasteiger partial charge in [0.2, 0.25) is 0 Å². The van der Waals surface area contributed by atoms with E-state index in [-0.39, 0.29) is 35.0 Å². The molecule has 4 nitrogen and oxygen atoms in total. The van der Waals surface area contributed by atoms with Gasteiger partial charge in [-0.1, -0.05) is 28.1 Å². The normalized spacial score (nSPS) is 12.0. The number of ether oxygens (including phenoxy) is 1. The third-order valence-electron chi connectivity index (χ3n) is 3.07. The average Bonchev–Trinajstić information content (AvgIpc) is 2.46. The first kappa shape index (κ1) is 20.1. The lowest BCUT2D eigenvalue weighted by Crippen LogP contribution is -2.17. The fraction of sp³-hybridized carbons (Fsp3) is 0.133. The maximum Gasteiger partial charge on any atom is 0.573 e. The molecule has 0 aliphatic carbocycles. The Hall–Kier alpha value is -1.95. The van der Waals surface area contributed by atoms with Gasteiger partial charge in [0.25, 0.3) is 0 Å². The first-order valence-electron chi connectivity index (χ1n) is 6.25. The fourth-order valence-corrected chi connectivity index (χ4v) is 2.58. The predicted octanol–water partition coefficient (Wildman–Crippen LogP) is 4.39. The lowest BCUT2D eigenvalue weighted by Gasteiger charge is -2.17. The van der Waals surface area contributed by atoms with Gasteiger partial charge >= 0.3 is 6.36 Å². The first-order chi connectivity index (χ1) is 10.7. The number of nitrogens with zero attached hydrogens (tertiary/aromatic N) is 1. The molecule has 2 aromatic carbocycles. The Morgan fingerprint density at radius 3 is 2.25 bits per heavy atom. The fourth-order valence-electron chi connectivity index (χ4n) is 2.01. The second-order valence-corrected chi connectivity index (χ2v) is 5.42. The summed E-state index contributed by atoms with van der Waals surface area (Å²) in [6.45, 7) is 0. The molecular weight excluding hydrogens is 413 g/mol. The second-order valence-electron chi connectivity index (χ2n) is 4.56. The van der Waals surface area contributed by atoms with Crippen LogP contribution >= 0.6 is 28.3 Å². The van der Waals surface area contributed by atoms with Crippen LogP contribution in [0.25, 0.3) is 0 Å². The molecule has 0 radical (unpaired) electrons. The van der Waals surface area contributed by atoms with Crippen LogP contribution in [0.15, 0.2) is 40.9 Å². The highest BCUT2D eigenvalue weighted by Crippen LogP contribution is 2.36. The molecule has 0 spiro atoms. The van der Waals surface area contributed by atoms with Crippen molar-refractivity contribution in [1.29, 1.82) is 5.26 Å². The Labute approximate surface area is 150 Å². The minimum Gasteiger partial charge on any atom is -0.506 e. The van der Waals surface area contributed by atoms with Gasteiger partial charge in [0, 0.05) is 10.0 Å². The zero-order chi connectivity index (χ0) is 17.2. The van der Waals surface area contributed by atoms with E-state index in [1.165, 1.54) is 18.2 Å². The van der Waals surface area contributed by atoms with E-state index in [1.54, 1.807) is 6.07 Å². The van der Waals surface area contributed by atoms with Crippen molar-refractivity contribution in [2.24, 2.45) is 5.73 Å². The summed E-state index contributed by atoms with van der Waals surface area (Å²) in [6.07, 6.45) is -4.77. The van der Waals surface area contributed by atoms with Crippen LogP contribution in [0.5, 0.6) is 11.5 Å². The van der Waals surface area contributed by atoms with Crippen molar-refractivity contribution in [3.63, 3.8) is 0 Å². The molecule has 0 amide bonds. The topological polar surface area (TPSA) is 79.3 Å².